The number of carbonyl (C=O) groups is 2. The van der Waals surface area contributed by atoms with Crippen LogP contribution in [0.4, 0.5) is 5.69 Å². The molecule has 1 saturated heterocycles. The van der Waals surface area contributed by atoms with Crippen LogP contribution >= 0.6 is 0 Å². The molecule has 32 heavy (non-hydrogen) atoms. The molecule has 2 aromatic carbocycles. The number of hydrogen-bond acceptors (Lipinski definition) is 7. The van der Waals surface area contributed by atoms with E-state index in [2.05, 4.69) is 5.32 Å². The highest BCUT2D eigenvalue weighted by Crippen LogP contribution is 2.25. The fourth-order valence-electron chi connectivity index (χ4n) is 3.41. The van der Waals surface area contributed by atoms with Crippen molar-refractivity contribution in [1.29, 1.82) is 0 Å². The van der Waals surface area contributed by atoms with E-state index in [0.29, 0.717) is 43.1 Å². The molecule has 0 saturated carbocycles. The second-order valence-electron chi connectivity index (χ2n) is 7.22. The van der Waals surface area contributed by atoms with Crippen LogP contribution in [-0.4, -0.2) is 57.5 Å². The normalized spacial score (nSPS) is 14.9. The average Bonchev–Trinajstić information content (AvgIpc) is 3.15. The number of rotatable bonds is 6. The Hall–Kier alpha value is -3.21. The van der Waals surface area contributed by atoms with Crippen LogP contribution in [0.1, 0.15) is 16.1 Å². The SMILES string of the molecule is Cc1c(C(=O)OCC(=O)Nc2ccc(S(=O)(=O)N3CCOCC3)cc2)oc2ccccc12. The molecule has 1 amide bonds. The summed E-state index contributed by atoms with van der Waals surface area (Å²) in [5.41, 5.74) is 1.59. The molecule has 0 aliphatic carbocycles. The predicted molar refractivity (Wildman–Crippen MR) is 116 cm³/mol. The molecule has 4 rings (SSSR count). The third-order valence-electron chi connectivity index (χ3n) is 5.11. The number of amides is 1. The lowest BCUT2D eigenvalue weighted by molar-refractivity contribution is -0.119. The second kappa shape index (κ2) is 9.11. The highest BCUT2D eigenvalue weighted by atomic mass is 32.2. The van der Waals surface area contributed by atoms with E-state index in [1.54, 1.807) is 19.1 Å². The summed E-state index contributed by atoms with van der Waals surface area (Å²) in [6, 6.07) is 13.0. The van der Waals surface area contributed by atoms with E-state index < -0.39 is 28.5 Å². The van der Waals surface area contributed by atoms with E-state index in [-0.39, 0.29) is 10.7 Å². The molecule has 1 N–H and O–H groups in total. The first kappa shape index (κ1) is 22.0. The highest BCUT2D eigenvalue weighted by molar-refractivity contribution is 7.89. The largest absolute Gasteiger partial charge is 0.450 e. The van der Waals surface area contributed by atoms with Gasteiger partial charge in [0.2, 0.25) is 15.8 Å². The minimum absolute atomic E-state index is 0.0525. The molecular formula is C22H22N2O7S. The number of ether oxygens (including phenoxy) is 2. The smallest absolute Gasteiger partial charge is 0.375 e. The van der Waals surface area contributed by atoms with Crippen molar-refractivity contribution in [2.45, 2.75) is 11.8 Å². The van der Waals surface area contributed by atoms with Gasteiger partial charge in [-0.1, -0.05) is 18.2 Å². The summed E-state index contributed by atoms with van der Waals surface area (Å²) in [5, 5.41) is 3.37. The zero-order valence-electron chi connectivity index (χ0n) is 17.4. The van der Waals surface area contributed by atoms with Crippen molar-refractivity contribution in [3.63, 3.8) is 0 Å². The lowest BCUT2D eigenvalue weighted by Gasteiger charge is -2.26. The van der Waals surface area contributed by atoms with Gasteiger partial charge in [0.15, 0.2) is 6.61 Å². The third kappa shape index (κ3) is 4.52. The van der Waals surface area contributed by atoms with Crippen LogP contribution in [0, 0.1) is 6.92 Å². The molecular weight excluding hydrogens is 436 g/mol. The third-order valence-corrected chi connectivity index (χ3v) is 7.02. The molecule has 0 radical (unpaired) electrons. The average molecular weight is 458 g/mol. The Kier molecular flexibility index (Phi) is 6.26. The Morgan fingerprint density at radius 2 is 1.75 bits per heavy atom. The van der Waals surface area contributed by atoms with Crippen LogP contribution < -0.4 is 5.32 Å². The van der Waals surface area contributed by atoms with Crippen molar-refractivity contribution >= 4 is 38.6 Å². The standard InChI is InChI=1S/C22H22N2O7S/c1-15-18-4-2-3-5-19(18)31-21(15)22(26)30-14-20(25)23-16-6-8-17(9-7-16)32(27,28)24-10-12-29-13-11-24/h2-9H,10-14H2,1H3,(H,23,25). The van der Waals surface area contributed by atoms with E-state index in [1.807, 2.05) is 12.1 Å². The first-order valence-electron chi connectivity index (χ1n) is 9.99. The van der Waals surface area contributed by atoms with Gasteiger partial charge in [0.1, 0.15) is 5.58 Å². The fourth-order valence-corrected chi connectivity index (χ4v) is 4.82. The van der Waals surface area contributed by atoms with Gasteiger partial charge in [0.05, 0.1) is 18.1 Å². The summed E-state index contributed by atoms with van der Waals surface area (Å²) >= 11 is 0. The number of fused-ring (bicyclic) bond motifs is 1. The Morgan fingerprint density at radius 3 is 2.44 bits per heavy atom. The van der Waals surface area contributed by atoms with Crippen LogP contribution in [0.25, 0.3) is 11.0 Å². The summed E-state index contributed by atoms with van der Waals surface area (Å²) in [4.78, 5) is 24.6. The van der Waals surface area contributed by atoms with Crippen molar-refractivity contribution < 1.29 is 31.9 Å². The maximum Gasteiger partial charge on any atom is 0.375 e. The zero-order valence-corrected chi connectivity index (χ0v) is 18.2. The van der Waals surface area contributed by atoms with Crippen LogP contribution in [0.15, 0.2) is 57.8 Å². The molecule has 168 valence electrons. The number of hydrogen-bond donors (Lipinski definition) is 1. The van der Waals surface area contributed by atoms with Gasteiger partial charge < -0.3 is 19.2 Å². The van der Waals surface area contributed by atoms with Gasteiger partial charge in [-0.25, -0.2) is 13.2 Å². The highest BCUT2D eigenvalue weighted by Gasteiger charge is 2.26. The first-order chi connectivity index (χ1) is 15.4. The Labute approximate surface area is 184 Å². The molecule has 1 aliphatic heterocycles. The molecule has 1 fully saturated rings. The number of nitrogens with one attached hydrogen (secondary N) is 1. The molecule has 9 nitrogen and oxygen atoms in total. The van der Waals surface area contributed by atoms with Gasteiger partial charge in [0, 0.05) is 29.7 Å². The summed E-state index contributed by atoms with van der Waals surface area (Å²) in [6.07, 6.45) is 0. The molecule has 10 heteroatoms. The number of esters is 1. The number of anilines is 1. The summed E-state index contributed by atoms with van der Waals surface area (Å²) < 4.78 is 42.4. The van der Waals surface area contributed by atoms with Gasteiger partial charge in [-0.3, -0.25) is 4.79 Å². The summed E-state index contributed by atoms with van der Waals surface area (Å²) in [7, 11) is -3.61. The van der Waals surface area contributed by atoms with Crippen molar-refractivity contribution in [1.82, 2.24) is 4.31 Å². The first-order valence-corrected chi connectivity index (χ1v) is 11.4. The van der Waals surface area contributed by atoms with Crippen LogP contribution in [0.3, 0.4) is 0 Å². The number of nitrogens with zero attached hydrogens (tertiary/aromatic N) is 1. The number of carbonyl (C=O) groups excluding carboxylic acids is 2. The van der Waals surface area contributed by atoms with Crippen molar-refractivity contribution in [3.05, 3.63) is 59.9 Å². The lowest BCUT2D eigenvalue weighted by atomic mass is 10.1. The Bertz CT molecular complexity index is 1240. The predicted octanol–water partition coefficient (Wildman–Crippen LogP) is 2.56. The zero-order chi connectivity index (χ0) is 22.7. The molecule has 1 aliphatic rings. The topological polar surface area (TPSA) is 115 Å². The van der Waals surface area contributed by atoms with Gasteiger partial charge in [-0.15, -0.1) is 0 Å². The van der Waals surface area contributed by atoms with E-state index in [4.69, 9.17) is 13.9 Å². The minimum atomic E-state index is -3.61. The van der Waals surface area contributed by atoms with Gasteiger partial charge in [-0.05, 0) is 37.3 Å². The molecule has 0 atom stereocenters. The number of para-hydroxylation sites is 1. The summed E-state index contributed by atoms with van der Waals surface area (Å²) in [5.74, 6) is -1.24. The number of morpholine rings is 1. The molecule has 0 unspecified atom stereocenters. The number of sulfonamides is 1. The van der Waals surface area contributed by atoms with E-state index in [0.717, 1.165) is 5.39 Å². The maximum atomic E-state index is 12.6. The fraction of sp³-hybridized carbons (Fsp3) is 0.273. The van der Waals surface area contributed by atoms with Gasteiger partial charge in [-0.2, -0.15) is 4.31 Å². The lowest BCUT2D eigenvalue weighted by Crippen LogP contribution is -2.40. The molecule has 3 aromatic rings. The van der Waals surface area contributed by atoms with E-state index in [9.17, 15) is 18.0 Å². The summed E-state index contributed by atoms with van der Waals surface area (Å²) in [6.45, 7) is 2.56. The quantitative estimate of drug-likeness (QED) is 0.565. The number of furan rings is 1. The van der Waals surface area contributed by atoms with E-state index in [1.165, 1.54) is 28.6 Å². The van der Waals surface area contributed by atoms with Crippen molar-refractivity contribution in [2.75, 3.05) is 38.2 Å². The van der Waals surface area contributed by atoms with Crippen molar-refractivity contribution in [3.8, 4) is 0 Å². The van der Waals surface area contributed by atoms with Crippen LogP contribution in [0.2, 0.25) is 0 Å². The monoisotopic (exact) mass is 458 g/mol. The minimum Gasteiger partial charge on any atom is -0.450 e. The van der Waals surface area contributed by atoms with Gasteiger partial charge in [0.25, 0.3) is 5.91 Å². The molecule has 2 heterocycles. The Balaban J connectivity index is 1.35. The van der Waals surface area contributed by atoms with Crippen LogP contribution in [-0.2, 0) is 24.3 Å². The number of aryl methyl sites for hydroxylation is 1. The van der Waals surface area contributed by atoms with Crippen LogP contribution in [0.5, 0.6) is 0 Å². The molecule has 0 spiro atoms. The maximum absolute atomic E-state index is 12.6. The van der Waals surface area contributed by atoms with Gasteiger partial charge >= 0.3 is 5.97 Å². The Morgan fingerprint density at radius 1 is 1.06 bits per heavy atom. The number of benzene rings is 2. The second-order valence-corrected chi connectivity index (χ2v) is 9.16. The van der Waals surface area contributed by atoms with E-state index >= 15 is 0 Å². The van der Waals surface area contributed by atoms with Crippen molar-refractivity contribution in [2.24, 2.45) is 0 Å². The molecule has 0 bridgehead atoms. The molecule has 1 aromatic heterocycles.